The van der Waals surface area contributed by atoms with E-state index in [1.807, 2.05) is 53.4 Å². The second-order valence-corrected chi connectivity index (χ2v) is 8.78. The van der Waals surface area contributed by atoms with Crippen LogP contribution in [-0.4, -0.2) is 47.0 Å². The number of carbonyl (C=O) groups is 1. The van der Waals surface area contributed by atoms with E-state index < -0.39 is 0 Å². The Bertz CT molecular complexity index is 1200. The normalized spacial score (nSPS) is 14.2. The number of nitrogens with zero attached hydrogens (tertiary/aromatic N) is 4. The molecule has 31 heavy (non-hydrogen) atoms. The van der Waals surface area contributed by atoms with Crippen LogP contribution in [0.5, 0.6) is 0 Å². The molecule has 0 aliphatic carbocycles. The Morgan fingerprint density at radius 1 is 0.935 bits per heavy atom. The molecule has 0 N–H and O–H groups in total. The summed E-state index contributed by atoms with van der Waals surface area (Å²) in [6.07, 6.45) is 0.987. The van der Waals surface area contributed by atoms with Crippen LogP contribution in [0.15, 0.2) is 66.7 Å². The van der Waals surface area contributed by atoms with Crippen molar-refractivity contribution in [3.8, 4) is 11.4 Å². The Balaban J connectivity index is 1.44. The molecule has 3 heterocycles. The second-order valence-electron chi connectivity index (χ2n) is 7.67. The molecule has 1 aliphatic heterocycles. The fourth-order valence-electron chi connectivity index (χ4n) is 3.97. The lowest BCUT2D eigenvalue weighted by Gasteiger charge is -2.35. The third-order valence-electron chi connectivity index (χ3n) is 5.69. The molecule has 0 bridgehead atoms. The van der Waals surface area contributed by atoms with E-state index in [2.05, 4.69) is 30.0 Å². The van der Waals surface area contributed by atoms with Crippen molar-refractivity contribution in [2.24, 2.45) is 0 Å². The molecule has 1 amide bonds. The van der Waals surface area contributed by atoms with Crippen LogP contribution in [0.1, 0.15) is 22.2 Å². The summed E-state index contributed by atoms with van der Waals surface area (Å²) < 4.78 is 0. The number of rotatable bonds is 4. The fourth-order valence-corrected chi connectivity index (χ4v) is 4.93. The van der Waals surface area contributed by atoms with Crippen LogP contribution in [-0.2, 0) is 6.42 Å². The molecule has 1 aliphatic rings. The maximum atomic E-state index is 12.8. The van der Waals surface area contributed by atoms with Crippen LogP contribution in [0.2, 0.25) is 0 Å². The summed E-state index contributed by atoms with van der Waals surface area (Å²) in [5.74, 6) is 1.84. The van der Waals surface area contributed by atoms with Crippen molar-refractivity contribution in [2.75, 3.05) is 31.1 Å². The van der Waals surface area contributed by atoms with Crippen molar-refractivity contribution in [3.05, 3.63) is 77.2 Å². The highest BCUT2D eigenvalue weighted by Gasteiger charge is 2.25. The molecule has 0 unspecified atom stereocenters. The summed E-state index contributed by atoms with van der Waals surface area (Å²) in [7, 11) is 0. The summed E-state index contributed by atoms with van der Waals surface area (Å²) in [6, 6.07) is 21.9. The Labute approximate surface area is 186 Å². The molecule has 6 heteroatoms. The highest BCUT2D eigenvalue weighted by molar-refractivity contribution is 7.18. The molecule has 1 fully saturated rings. The number of hydrogen-bond acceptors (Lipinski definition) is 5. The van der Waals surface area contributed by atoms with Gasteiger partial charge >= 0.3 is 0 Å². The molecule has 2 aromatic carbocycles. The van der Waals surface area contributed by atoms with Gasteiger partial charge in [0, 0.05) is 42.2 Å². The topological polar surface area (TPSA) is 49.3 Å². The average Bonchev–Trinajstić information content (AvgIpc) is 3.28. The van der Waals surface area contributed by atoms with E-state index in [1.54, 1.807) is 11.3 Å². The number of aromatic nitrogens is 2. The zero-order valence-electron chi connectivity index (χ0n) is 17.5. The maximum absolute atomic E-state index is 12.8. The molecule has 2 aromatic heterocycles. The van der Waals surface area contributed by atoms with Crippen LogP contribution in [0, 0.1) is 0 Å². The first-order valence-electron chi connectivity index (χ1n) is 10.7. The van der Waals surface area contributed by atoms with Gasteiger partial charge in [0.25, 0.3) is 5.91 Å². The average molecular weight is 429 g/mol. The third-order valence-corrected chi connectivity index (χ3v) is 6.86. The Kier molecular flexibility index (Phi) is 5.38. The van der Waals surface area contributed by atoms with Gasteiger partial charge in [-0.15, -0.1) is 11.3 Å². The van der Waals surface area contributed by atoms with Crippen molar-refractivity contribution in [2.45, 2.75) is 13.3 Å². The predicted octanol–water partition coefficient (Wildman–Crippen LogP) is 4.88. The summed E-state index contributed by atoms with van der Waals surface area (Å²) in [5, 5.41) is 1.12. The monoisotopic (exact) mass is 428 g/mol. The van der Waals surface area contributed by atoms with E-state index in [9.17, 15) is 4.79 Å². The van der Waals surface area contributed by atoms with Crippen LogP contribution >= 0.6 is 11.3 Å². The Morgan fingerprint density at radius 3 is 2.29 bits per heavy atom. The number of thiophene rings is 1. The van der Waals surface area contributed by atoms with Crippen molar-refractivity contribution >= 4 is 33.3 Å². The van der Waals surface area contributed by atoms with Crippen LogP contribution in [0.3, 0.4) is 0 Å². The van der Waals surface area contributed by atoms with Gasteiger partial charge in [-0.25, -0.2) is 9.97 Å². The molecule has 0 spiro atoms. The lowest BCUT2D eigenvalue weighted by Crippen LogP contribution is -2.49. The second kappa shape index (κ2) is 8.47. The number of piperazine rings is 1. The largest absolute Gasteiger partial charge is 0.352 e. The number of carbonyl (C=O) groups excluding carboxylic acids is 1. The van der Waals surface area contributed by atoms with E-state index in [1.165, 1.54) is 4.88 Å². The van der Waals surface area contributed by atoms with E-state index in [0.717, 1.165) is 52.5 Å². The summed E-state index contributed by atoms with van der Waals surface area (Å²) >= 11 is 1.74. The first kappa shape index (κ1) is 19.7. The van der Waals surface area contributed by atoms with Gasteiger partial charge in [-0.3, -0.25) is 4.79 Å². The number of fused-ring (bicyclic) bond motifs is 1. The highest BCUT2D eigenvalue weighted by atomic mass is 32.1. The molecule has 4 aromatic rings. The number of hydrogen-bond donors (Lipinski definition) is 0. The van der Waals surface area contributed by atoms with E-state index in [0.29, 0.717) is 13.1 Å². The van der Waals surface area contributed by atoms with Gasteiger partial charge in [-0.1, -0.05) is 55.5 Å². The first-order valence-corrected chi connectivity index (χ1v) is 11.5. The van der Waals surface area contributed by atoms with Crippen molar-refractivity contribution in [1.82, 2.24) is 14.9 Å². The molecule has 0 radical (unpaired) electrons. The lowest BCUT2D eigenvalue weighted by atomic mass is 10.1. The van der Waals surface area contributed by atoms with Crippen molar-refractivity contribution < 1.29 is 4.79 Å². The van der Waals surface area contributed by atoms with Gasteiger partial charge in [-0.2, -0.15) is 0 Å². The minimum atomic E-state index is 0.0989. The fraction of sp³-hybridized carbons (Fsp3) is 0.240. The van der Waals surface area contributed by atoms with Gasteiger partial charge < -0.3 is 9.80 Å². The first-order chi connectivity index (χ1) is 15.2. The van der Waals surface area contributed by atoms with Crippen LogP contribution in [0.25, 0.3) is 21.6 Å². The lowest BCUT2D eigenvalue weighted by molar-refractivity contribution is 0.0746. The highest BCUT2D eigenvalue weighted by Crippen LogP contribution is 2.34. The molecule has 0 saturated carbocycles. The summed E-state index contributed by atoms with van der Waals surface area (Å²) in [4.78, 5) is 29.3. The molecule has 5 nitrogen and oxygen atoms in total. The van der Waals surface area contributed by atoms with E-state index >= 15 is 0 Å². The molecule has 0 atom stereocenters. The van der Waals surface area contributed by atoms with Gasteiger partial charge in [0.05, 0.1) is 5.39 Å². The number of amides is 1. The Morgan fingerprint density at radius 2 is 1.61 bits per heavy atom. The molecule has 5 rings (SSSR count). The van der Waals surface area contributed by atoms with E-state index in [-0.39, 0.29) is 5.91 Å². The molecule has 1 saturated heterocycles. The van der Waals surface area contributed by atoms with Crippen LogP contribution < -0.4 is 4.90 Å². The predicted molar refractivity (Wildman–Crippen MR) is 127 cm³/mol. The summed E-state index contributed by atoms with van der Waals surface area (Å²) in [5.41, 5.74) is 1.77. The zero-order chi connectivity index (χ0) is 21.2. The van der Waals surface area contributed by atoms with Crippen molar-refractivity contribution in [3.63, 3.8) is 0 Å². The number of anilines is 1. The smallest absolute Gasteiger partial charge is 0.253 e. The van der Waals surface area contributed by atoms with Crippen molar-refractivity contribution in [1.29, 1.82) is 0 Å². The third kappa shape index (κ3) is 3.91. The standard InChI is InChI=1S/C25H24N4OS/c1-2-20-17-21-23(26-22(27-24(21)31-20)18-9-5-3-6-10-18)28-13-15-29(16-14-28)25(30)19-11-7-4-8-12-19/h3-12,17H,2,13-16H2,1H3. The maximum Gasteiger partial charge on any atom is 0.253 e. The van der Waals surface area contributed by atoms with Gasteiger partial charge in [-0.05, 0) is 24.6 Å². The van der Waals surface area contributed by atoms with Gasteiger partial charge in [0.2, 0.25) is 0 Å². The minimum Gasteiger partial charge on any atom is -0.352 e. The van der Waals surface area contributed by atoms with Crippen LogP contribution in [0.4, 0.5) is 5.82 Å². The van der Waals surface area contributed by atoms with E-state index in [4.69, 9.17) is 9.97 Å². The van der Waals surface area contributed by atoms with Gasteiger partial charge in [0.1, 0.15) is 10.6 Å². The SMILES string of the molecule is CCc1cc2c(N3CCN(C(=O)c4ccccc4)CC3)nc(-c3ccccc3)nc2s1. The molecule has 156 valence electrons. The number of benzene rings is 2. The summed E-state index contributed by atoms with van der Waals surface area (Å²) in [6.45, 7) is 5.06. The molecular formula is C25H24N4OS. The quantitative estimate of drug-likeness (QED) is 0.465. The van der Waals surface area contributed by atoms with Gasteiger partial charge in [0.15, 0.2) is 5.82 Å². The Hall–Kier alpha value is -3.25. The minimum absolute atomic E-state index is 0.0989. The zero-order valence-corrected chi connectivity index (χ0v) is 18.3. The molecular weight excluding hydrogens is 404 g/mol. The number of aryl methyl sites for hydroxylation is 1.